The predicted molar refractivity (Wildman–Crippen MR) is 88.0 cm³/mol. The summed E-state index contributed by atoms with van der Waals surface area (Å²) in [6.07, 6.45) is 1.08. The number of aryl methyl sites for hydroxylation is 1. The van der Waals surface area contributed by atoms with Gasteiger partial charge < -0.3 is 10.2 Å². The van der Waals surface area contributed by atoms with Gasteiger partial charge in [-0.1, -0.05) is 19.9 Å². The summed E-state index contributed by atoms with van der Waals surface area (Å²) in [5.41, 5.74) is 2.87. The minimum absolute atomic E-state index is 0.147. The maximum absolute atomic E-state index is 12.8. The second-order valence-corrected chi connectivity index (χ2v) is 5.71. The number of benzene rings is 1. The lowest BCUT2D eigenvalue weighted by Crippen LogP contribution is -2.38. The van der Waals surface area contributed by atoms with Gasteiger partial charge >= 0.3 is 0 Å². The zero-order valence-electron chi connectivity index (χ0n) is 13.6. The monoisotopic (exact) mass is 289 g/mol. The number of rotatable bonds is 5. The van der Waals surface area contributed by atoms with Gasteiger partial charge in [-0.05, 0) is 44.1 Å². The number of nitrogens with zero attached hydrogens (tertiary/aromatic N) is 2. The molecule has 1 aliphatic rings. The van der Waals surface area contributed by atoms with Gasteiger partial charge in [-0.3, -0.25) is 9.69 Å². The molecule has 1 aliphatic heterocycles. The van der Waals surface area contributed by atoms with Gasteiger partial charge in [0.05, 0.1) is 5.56 Å². The summed E-state index contributed by atoms with van der Waals surface area (Å²) in [5.74, 6) is 0.147. The Hall–Kier alpha value is -1.55. The van der Waals surface area contributed by atoms with Crippen LogP contribution in [0.15, 0.2) is 18.2 Å². The average Bonchev–Trinajstić information content (AvgIpc) is 2.97. The summed E-state index contributed by atoms with van der Waals surface area (Å²) >= 11 is 0. The minimum atomic E-state index is 0.147. The number of hydrogen-bond acceptors (Lipinski definition) is 3. The van der Waals surface area contributed by atoms with Crippen molar-refractivity contribution in [1.82, 2.24) is 9.80 Å². The fraction of sp³-hybridized carbons (Fsp3) is 0.588. The molecule has 21 heavy (non-hydrogen) atoms. The van der Waals surface area contributed by atoms with Crippen molar-refractivity contribution in [3.63, 3.8) is 0 Å². The highest BCUT2D eigenvalue weighted by Gasteiger charge is 2.30. The van der Waals surface area contributed by atoms with Crippen LogP contribution in [-0.2, 0) is 0 Å². The Morgan fingerprint density at radius 3 is 2.71 bits per heavy atom. The van der Waals surface area contributed by atoms with Crippen LogP contribution in [0.25, 0.3) is 0 Å². The fourth-order valence-corrected chi connectivity index (χ4v) is 3.19. The molecule has 0 spiro atoms. The maximum Gasteiger partial charge on any atom is 0.256 e. The minimum Gasteiger partial charge on any atom is -0.387 e. The van der Waals surface area contributed by atoms with Crippen LogP contribution in [0, 0.1) is 6.92 Å². The lowest BCUT2D eigenvalue weighted by atomic mass is 10.1. The van der Waals surface area contributed by atoms with Gasteiger partial charge in [0, 0.05) is 31.9 Å². The van der Waals surface area contributed by atoms with E-state index in [0.29, 0.717) is 6.04 Å². The van der Waals surface area contributed by atoms with Crippen LogP contribution in [0.4, 0.5) is 5.69 Å². The van der Waals surface area contributed by atoms with Crippen molar-refractivity contribution in [1.29, 1.82) is 0 Å². The molecule has 4 heteroatoms. The van der Waals surface area contributed by atoms with Gasteiger partial charge in [0.2, 0.25) is 0 Å². The molecule has 1 amide bonds. The molecule has 1 unspecified atom stereocenters. The van der Waals surface area contributed by atoms with E-state index >= 15 is 0 Å². The fourth-order valence-electron chi connectivity index (χ4n) is 3.19. The molecular weight excluding hydrogens is 262 g/mol. The van der Waals surface area contributed by atoms with Crippen LogP contribution in [-0.4, -0.2) is 55.0 Å². The number of carbonyl (C=O) groups excluding carboxylic acids is 1. The van der Waals surface area contributed by atoms with Crippen molar-refractivity contribution >= 4 is 11.6 Å². The Morgan fingerprint density at radius 2 is 2.10 bits per heavy atom. The number of likely N-dealkylation sites (N-methyl/N-ethyl adjacent to an activating group) is 1. The third-order valence-electron chi connectivity index (χ3n) is 4.45. The van der Waals surface area contributed by atoms with Crippen LogP contribution in [0.2, 0.25) is 0 Å². The molecular formula is C17H27N3O. The molecule has 0 aromatic heterocycles. The average molecular weight is 289 g/mol. The molecule has 1 saturated heterocycles. The van der Waals surface area contributed by atoms with Gasteiger partial charge in [-0.15, -0.1) is 0 Å². The normalized spacial score (nSPS) is 18.3. The van der Waals surface area contributed by atoms with E-state index in [1.165, 1.54) is 5.56 Å². The van der Waals surface area contributed by atoms with E-state index in [1.807, 2.05) is 37.1 Å². The Kier molecular flexibility index (Phi) is 5.23. The van der Waals surface area contributed by atoms with Crippen LogP contribution in [0.5, 0.6) is 0 Å². The van der Waals surface area contributed by atoms with E-state index in [0.717, 1.165) is 43.9 Å². The number of amides is 1. The molecule has 116 valence electrons. The highest BCUT2D eigenvalue weighted by molar-refractivity contribution is 5.99. The predicted octanol–water partition coefficient (Wildman–Crippen LogP) is 2.59. The zero-order chi connectivity index (χ0) is 15.4. The van der Waals surface area contributed by atoms with E-state index in [1.54, 1.807) is 0 Å². The van der Waals surface area contributed by atoms with Crippen molar-refractivity contribution < 1.29 is 4.79 Å². The first-order valence-electron chi connectivity index (χ1n) is 7.92. The van der Waals surface area contributed by atoms with Crippen molar-refractivity contribution in [2.24, 2.45) is 0 Å². The van der Waals surface area contributed by atoms with E-state index in [4.69, 9.17) is 0 Å². The van der Waals surface area contributed by atoms with E-state index in [9.17, 15) is 4.79 Å². The second kappa shape index (κ2) is 6.94. The van der Waals surface area contributed by atoms with Gasteiger partial charge in [-0.2, -0.15) is 0 Å². The molecule has 0 bridgehead atoms. The molecule has 1 aromatic carbocycles. The van der Waals surface area contributed by atoms with Crippen molar-refractivity contribution in [2.45, 2.75) is 33.2 Å². The number of likely N-dealkylation sites (tertiary alicyclic amines) is 1. The Bertz CT molecular complexity index is 497. The number of hydrogen-bond donors (Lipinski definition) is 1. The topological polar surface area (TPSA) is 35.6 Å². The molecule has 1 aromatic rings. The van der Waals surface area contributed by atoms with Gasteiger partial charge in [-0.25, -0.2) is 0 Å². The summed E-state index contributed by atoms with van der Waals surface area (Å²) in [5, 5.41) is 3.14. The number of nitrogens with one attached hydrogen (secondary N) is 1. The summed E-state index contributed by atoms with van der Waals surface area (Å²) in [7, 11) is 1.87. The van der Waals surface area contributed by atoms with Crippen LogP contribution < -0.4 is 5.32 Å². The van der Waals surface area contributed by atoms with Crippen molar-refractivity contribution in [3.8, 4) is 0 Å². The molecule has 0 saturated carbocycles. The maximum atomic E-state index is 12.8. The van der Waals surface area contributed by atoms with E-state index < -0.39 is 0 Å². The second-order valence-electron chi connectivity index (χ2n) is 5.71. The lowest BCUT2D eigenvalue weighted by molar-refractivity contribution is 0.0779. The van der Waals surface area contributed by atoms with Crippen molar-refractivity contribution in [2.75, 3.05) is 38.5 Å². The highest BCUT2D eigenvalue weighted by Crippen LogP contribution is 2.23. The van der Waals surface area contributed by atoms with Crippen LogP contribution >= 0.6 is 0 Å². The first-order valence-corrected chi connectivity index (χ1v) is 7.92. The lowest BCUT2D eigenvalue weighted by Gasteiger charge is -2.26. The summed E-state index contributed by atoms with van der Waals surface area (Å²) in [4.78, 5) is 17.2. The molecule has 1 atom stereocenters. The quantitative estimate of drug-likeness (QED) is 0.905. The summed E-state index contributed by atoms with van der Waals surface area (Å²) in [6.45, 7) is 10.2. The summed E-state index contributed by atoms with van der Waals surface area (Å²) in [6, 6.07) is 6.48. The third-order valence-corrected chi connectivity index (χ3v) is 4.45. The summed E-state index contributed by atoms with van der Waals surface area (Å²) < 4.78 is 0. The molecule has 0 aliphatic carbocycles. The van der Waals surface area contributed by atoms with Crippen LogP contribution in [0.3, 0.4) is 0 Å². The van der Waals surface area contributed by atoms with Crippen molar-refractivity contribution in [3.05, 3.63) is 29.3 Å². The standard InChI is InChI=1S/C17H27N3O/c1-5-19(6-2)14-9-10-20(12-14)17(21)15-8-7-13(3)11-16(15)18-4/h7-8,11,14,18H,5-6,9-10,12H2,1-4H3. The zero-order valence-corrected chi connectivity index (χ0v) is 13.6. The number of carbonyl (C=O) groups is 1. The largest absolute Gasteiger partial charge is 0.387 e. The molecule has 0 radical (unpaired) electrons. The smallest absolute Gasteiger partial charge is 0.256 e. The van der Waals surface area contributed by atoms with E-state index in [2.05, 4.69) is 24.1 Å². The van der Waals surface area contributed by atoms with E-state index in [-0.39, 0.29) is 5.91 Å². The van der Waals surface area contributed by atoms with Gasteiger partial charge in [0.25, 0.3) is 5.91 Å². The van der Waals surface area contributed by atoms with Gasteiger partial charge in [0.15, 0.2) is 0 Å². The molecule has 2 rings (SSSR count). The Morgan fingerprint density at radius 1 is 1.38 bits per heavy atom. The molecule has 1 fully saturated rings. The first kappa shape index (κ1) is 15.8. The Balaban J connectivity index is 2.11. The number of anilines is 1. The first-order chi connectivity index (χ1) is 10.1. The van der Waals surface area contributed by atoms with Crippen LogP contribution in [0.1, 0.15) is 36.2 Å². The molecule has 1 heterocycles. The molecule has 1 N–H and O–H groups in total. The van der Waals surface area contributed by atoms with Gasteiger partial charge in [0.1, 0.15) is 0 Å². The highest BCUT2D eigenvalue weighted by atomic mass is 16.2. The molecule has 4 nitrogen and oxygen atoms in total. The Labute approximate surface area is 128 Å². The SMILES string of the molecule is CCN(CC)C1CCN(C(=O)c2ccc(C)cc2NC)C1. The third kappa shape index (κ3) is 3.38.